The first-order chi connectivity index (χ1) is 7.00. The van der Waals surface area contributed by atoms with Crippen LogP contribution < -0.4 is 11.1 Å². The molecule has 0 bridgehead atoms. The predicted molar refractivity (Wildman–Crippen MR) is 51.3 cm³/mol. The molecule has 1 aromatic heterocycles. The molecule has 0 aliphatic rings. The normalized spacial score (nSPS) is 10.2. The van der Waals surface area contributed by atoms with E-state index in [1.165, 1.54) is 6.07 Å². The number of primary amides is 1. The smallest absolute Gasteiger partial charge is 0.371 e. The molecule has 0 fully saturated rings. The number of aromatic carboxylic acids is 1. The summed E-state index contributed by atoms with van der Waals surface area (Å²) < 4.78 is 4.98. The third kappa shape index (κ3) is 3.10. The van der Waals surface area contributed by atoms with Crippen LogP contribution in [0, 0.1) is 6.92 Å². The van der Waals surface area contributed by atoms with Crippen LogP contribution in [-0.2, 0) is 11.3 Å². The number of furan rings is 1. The van der Waals surface area contributed by atoms with Gasteiger partial charge in [-0.1, -0.05) is 0 Å². The highest BCUT2D eigenvalue weighted by molar-refractivity contribution is 5.84. The van der Waals surface area contributed by atoms with Gasteiger partial charge in [-0.15, -0.1) is 0 Å². The summed E-state index contributed by atoms with van der Waals surface area (Å²) in [5.41, 5.74) is 5.63. The van der Waals surface area contributed by atoms with Crippen molar-refractivity contribution in [2.75, 3.05) is 6.54 Å². The maximum atomic E-state index is 10.6. The number of hydrogen-bond donors (Lipinski definition) is 3. The Morgan fingerprint density at radius 2 is 2.27 bits per heavy atom. The van der Waals surface area contributed by atoms with Crippen LogP contribution >= 0.6 is 0 Å². The van der Waals surface area contributed by atoms with Gasteiger partial charge in [-0.2, -0.15) is 0 Å². The molecule has 1 rings (SSSR count). The second kappa shape index (κ2) is 4.61. The number of rotatable bonds is 5. The van der Waals surface area contributed by atoms with E-state index in [1.807, 2.05) is 0 Å². The van der Waals surface area contributed by atoms with Crippen molar-refractivity contribution in [3.8, 4) is 0 Å². The highest BCUT2D eigenvalue weighted by atomic mass is 16.4. The molecule has 1 aromatic rings. The summed E-state index contributed by atoms with van der Waals surface area (Å²) in [5.74, 6) is -1.17. The van der Waals surface area contributed by atoms with E-state index in [4.69, 9.17) is 15.3 Å². The summed E-state index contributed by atoms with van der Waals surface area (Å²) in [6.45, 7) is 2.06. The lowest BCUT2D eigenvalue weighted by Crippen LogP contribution is -2.28. The van der Waals surface area contributed by atoms with Crippen LogP contribution in [0.5, 0.6) is 0 Å². The van der Waals surface area contributed by atoms with Gasteiger partial charge in [0.2, 0.25) is 11.7 Å². The molecule has 6 nitrogen and oxygen atoms in total. The van der Waals surface area contributed by atoms with E-state index in [9.17, 15) is 9.59 Å². The highest BCUT2D eigenvalue weighted by Gasteiger charge is 2.12. The fraction of sp³-hybridized carbons (Fsp3) is 0.333. The fourth-order valence-electron chi connectivity index (χ4n) is 1.12. The second-order valence-corrected chi connectivity index (χ2v) is 3.07. The van der Waals surface area contributed by atoms with Crippen molar-refractivity contribution in [3.05, 3.63) is 23.2 Å². The van der Waals surface area contributed by atoms with Gasteiger partial charge >= 0.3 is 5.97 Å². The van der Waals surface area contributed by atoms with Crippen molar-refractivity contribution in [2.24, 2.45) is 5.73 Å². The van der Waals surface area contributed by atoms with Gasteiger partial charge in [0.1, 0.15) is 5.76 Å². The maximum Gasteiger partial charge on any atom is 0.371 e. The average Bonchev–Trinajstić information content (AvgIpc) is 2.47. The zero-order valence-corrected chi connectivity index (χ0v) is 8.24. The summed E-state index contributed by atoms with van der Waals surface area (Å²) in [6, 6.07) is 1.42. The van der Waals surface area contributed by atoms with Crippen molar-refractivity contribution in [1.29, 1.82) is 0 Å². The second-order valence-electron chi connectivity index (χ2n) is 3.07. The molecule has 0 unspecified atom stereocenters. The van der Waals surface area contributed by atoms with E-state index in [1.54, 1.807) is 6.92 Å². The Labute approximate surface area is 86.1 Å². The molecule has 0 saturated heterocycles. The molecule has 82 valence electrons. The number of carboxylic acids is 1. The van der Waals surface area contributed by atoms with E-state index in [0.29, 0.717) is 17.9 Å². The van der Waals surface area contributed by atoms with Crippen molar-refractivity contribution < 1.29 is 19.1 Å². The Hall–Kier alpha value is -1.82. The number of carbonyl (C=O) groups excluding carboxylic acids is 1. The van der Waals surface area contributed by atoms with Gasteiger partial charge in [0.25, 0.3) is 0 Å². The quantitative estimate of drug-likeness (QED) is 0.630. The van der Waals surface area contributed by atoms with Crippen molar-refractivity contribution in [2.45, 2.75) is 13.5 Å². The summed E-state index contributed by atoms with van der Waals surface area (Å²) in [7, 11) is 0. The van der Waals surface area contributed by atoms with Crippen molar-refractivity contribution in [1.82, 2.24) is 5.32 Å². The zero-order valence-electron chi connectivity index (χ0n) is 8.24. The molecule has 0 radical (unpaired) electrons. The monoisotopic (exact) mass is 212 g/mol. The Morgan fingerprint density at radius 3 is 2.73 bits per heavy atom. The highest BCUT2D eigenvalue weighted by Crippen LogP contribution is 2.14. The van der Waals surface area contributed by atoms with E-state index in [0.717, 1.165) is 0 Å². The van der Waals surface area contributed by atoms with E-state index in [2.05, 4.69) is 5.32 Å². The predicted octanol–water partition coefficient (Wildman–Crippen LogP) is -0.139. The van der Waals surface area contributed by atoms with Crippen LogP contribution in [0.1, 0.15) is 21.9 Å². The van der Waals surface area contributed by atoms with Crippen LogP contribution in [0.15, 0.2) is 10.5 Å². The lowest BCUT2D eigenvalue weighted by atomic mass is 10.2. The molecular weight excluding hydrogens is 200 g/mol. The minimum atomic E-state index is -1.11. The Kier molecular flexibility index (Phi) is 3.46. The number of amides is 1. The van der Waals surface area contributed by atoms with E-state index >= 15 is 0 Å². The summed E-state index contributed by atoms with van der Waals surface area (Å²) in [4.78, 5) is 21.0. The largest absolute Gasteiger partial charge is 0.475 e. The molecule has 0 aromatic carbocycles. The van der Waals surface area contributed by atoms with Crippen LogP contribution in [0.4, 0.5) is 0 Å². The Bertz CT molecular complexity index is 383. The lowest BCUT2D eigenvalue weighted by Gasteiger charge is -1.99. The number of aryl methyl sites for hydroxylation is 1. The van der Waals surface area contributed by atoms with Gasteiger partial charge in [-0.25, -0.2) is 4.79 Å². The van der Waals surface area contributed by atoms with Crippen molar-refractivity contribution >= 4 is 11.9 Å². The van der Waals surface area contributed by atoms with E-state index < -0.39 is 11.9 Å². The first-order valence-corrected chi connectivity index (χ1v) is 4.32. The third-order valence-corrected chi connectivity index (χ3v) is 1.85. The molecule has 0 atom stereocenters. The minimum absolute atomic E-state index is 0.0486. The molecule has 15 heavy (non-hydrogen) atoms. The standard InChI is InChI=1S/C9H12N2O4/c1-5-6(3-11-4-8(10)12)2-7(15-5)9(13)14/h2,11H,3-4H2,1H3,(H2,10,12)(H,13,14). The fourth-order valence-corrected chi connectivity index (χ4v) is 1.12. The minimum Gasteiger partial charge on any atom is -0.475 e. The van der Waals surface area contributed by atoms with Gasteiger partial charge in [0, 0.05) is 12.1 Å². The Balaban J connectivity index is 2.61. The summed E-state index contributed by atoms with van der Waals surface area (Å²) in [5, 5.41) is 11.4. The SMILES string of the molecule is Cc1oc(C(=O)O)cc1CNCC(N)=O. The van der Waals surface area contributed by atoms with Gasteiger partial charge < -0.3 is 20.6 Å². The van der Waals surface area contributed by atoms with E-state index in [-0.39, 0.29) is 12.3 Å². The number of nitrogens with two attached hydrogens (primary N) is 1. The molecule has 0 aliphatic carbocycles. The van der Waals surface area contributed by atoms with Crippen LogP contribution in [-0.4, -0.2) is 23.5 Å². The molecule has 0 aliphatic heterocycles. The maximum absolute atomic E-state index is 10.6. The van der Waals surface area contributed by atoms with Crippen LogP contribution in [0.25, 0.3) is 0 Å². The molecule has 4 N–H and O–H groups in total. The van der Waals surface area contributed by atoms with Crippen molar-refractivity contribution in [3.63, 3.8) is 0 Å². The number of carboxylic acid groups (broad SMARTS) is 1. The lowest BCUT2D eigenvalue weighted by molar-refractivity contribution is -0.117. The van der Waals surface area contributed by atoms with Gasteiger partial charge in [-0.05, 0) is 13.0 Å². The molecule has 0 saturated carbocycles. The van der Waals surface area contributed by atoms with Gasteiger partial charge in [0.05, 0.1) is 6.54 Å². The third-order valence-electron chi connectivity index (χ3n) is 1.85. The molecule has 1 heterocycles. The summed E-state index contributed by atoms with van der Waals surface area (Å²) in [6.07, 6.45) is 0. The van der Waals surface area contributed by atoms with Crippen LogP contribution in [0.3, 0.4) is 0 Å². The molecular formula is C9H12N2O4. The van der Waals surface area contributed by atoms with Gasteiger partial charge in [0.15, 0.2) is 0 Å². The van der Waals surface area contributed by atoms with Gasteiger partial charge in [-0.3, -0.25) is 4.79 Å². The number of carbonyl (C=O) groups is 2. The zero-order chi connectivity index (χ0) is 11.4. The number of hydrogen-bond acceptors (Lipinski definition) is 4. The average molecular weight is 212 g/mol. The van der Waals surface area contributed by atoms with Crippen LogP contribution in [0.2, 0.25) is 0 Å². The molecule has 0 spiro atoms. The number of nitrogens with one attached hydrogen (secondary N) is 1. The molecule has 6 heteroatoms. The Morgan fingerprint density at radius 1 is 1.60 bits per heavy atom. The molecule has 1 amide bonds. The first kappa shape index (κ1) is 11.3. The topological polar surface area (TPSA) is 106 Å². The first-order valence-electron chi connectivity index (χ1n) is 4.32. The summed E-state index contributed by atoms with van der Waals surface area (Å²) >= 11 is 0.